The molecule has 0 aliphatic heterocycles. The zero-order valence-corrected chi connectivity index (χ0v) is 11.8. The van der Waals surface area contributed by atoms with E-state index in [4.69, 9.17) is 10.8 Å². The monoisotopic (exact) mass is 253 g/mol. The lowest BCUT2D eigenvalue weighted by molar-refractivity contribution is 0.101. The molecule has 0 saturated carbocycles. The zero-order valence-electron chi connectivity index (χ0n) is 11.8. The third-order valence-corrected chi connectivity index (χ3v) is 2.15. The van der Waals surface area contributed by atoms with Crippen molar-refractivity contribution in [1.29, 1.82) is 0 Å². The number of ketones is 1. The summed E-state index contributed by atoms with van der Waals surface area (Å²) in [4.78, 5) is 21.9. The predicted octanol–water partition coefficient (Wildman–Crippen LogP) is 2.10. The van der Waals surface area contributed by atoms with Gasteiger partial charge in [-0.25, -0.2) is 0 Å². The SMILES string of the molecule is CC.CC(=O)c1c(C)cc(C=O)cc1CN.CO. The molecule has 4 heteroatoms. The number of hydrogen-bond acceptors (Lipinski definition) is 4. The Labute approximate surface area is 109 Å². The van der Waals surface area contributed by atoms with Gasteiger partial charge in [0.2, 0.25) is 0 Å². The van der Waals surface area contributed by atoms with Gasteiger partial charge in [-0.15, -0.1) is 0 Å². The Morgan fingerprint density at radius 1 is 1.33 bits per heavy atom. The first-order valence-electron chi connectivity index (χ1n) is 5.84. The first-order chi connectivity index (χ1) is 8.60. The highest BCUT2D eigenvalue weighted by Crippen LogP contribution is 2.16. The second-order valence-electron chi connectivity index (χ2n) is 3.25. The molecule has 0 heterocycles. The van der Waals surface area contributed by atoms with Gasteiger partial charge in [-0.2, -0.15) is 0 Å². The molecule has 3 N–H and O–H groups in total. The van der Waals surface area contributed by atoms with Crippen molar-refractivity contribution in [3.05, 3.63) is 34.4 Å². The van der Waals surface area contributed by atoms with Gasteiger partial charge in [-0.3, -0.25) is 9.59 Å². The van der Waals surface area contributed by atoms with Crippen molar-refractivity contribution in [3.8, 4) is 0 Å². The van der Waals surface area contributed by atoms with Crippen LogP contribution in [0.5, 0.6) is 0 Å². The lowest BCUT2D eigenvalue weighted by Crippen LogP contribution is -2.08. The maximum absolute atomic E-state index is 11.3. The van der Waals surface area contributed by atoms with Crippen molar-refractivity contribution < 1.29 is 14.7 Å². The van der Waals surface area contributed by atoms with Crippen molar-refractivity contribution >= 4 is 12.1 Å². The first kappa shape index (κ1) is 18.8. The zero-order chi connectivity index (χ0) is 14.7. The highest BCUT2D eigenvalue weighted by Gasteiger charge is 2.10. The summed E-state index contributed by atoms with van der Waals surface area (Å²) in [7, 11) is 1.00. The van der Waals surface area contributed by atoms with E-state index < -0.39 is 0 Å². The molecule has 0 bridgehead atoms. The molecule has 0 unspecified atom stereocenters. The van der Waals surface area contributed by atoms with E-state index in [2.05, 4.69) is 0 Å². The smallest absolute Gasteiger partial charge is 0.160 e. The van der Waals surface area contributed by atoms with Crippen LogP contribution >= 0.6 is 0 Å². The lowest BCUT2D eigenvalue weighted by Gasteiger charge is -2.09. The van der Waals surface area contributed by atoms with Gasteiger partial charge in [-0.05, 0) is 37.1 Å². The van der Waals surface area contributed by atoms with Crippen molar-refractivity contribution in [2.45, 2.75) is 34.2 Å². The van der Waals surface area contributed by atoms with E-state index in [1.165, 1.54) is 6.92 Å². The number of aldehydes is 1. The van der Waals surface area contributed by atoms with E-state index in [0.717, 1.165) is 24.5 Å². The van der Waals surface area contributed by atoms with Crippen LogP contribution in [0.1, 0.15) is 52.6 Å². The normalized spacial score (nSPS) is 8.39. The molecule has 0 amide bonds. The molecule has 1 aromatic carbocycles. The van der Waals surface area contributed by atoms with Crippen molar-refractivity contribution in [2.75, 3.05) is 7.11 Å². The minimum absolute atomic E-state index is 0.0135. The molecule has 0 aliphatic rings. The lowest BCUT2D eigenvalue weighted by atomic mass is 9.96. The summed E-state index contributed by atoms with van der Waals surface area (Å²) in [5.41, 5.74) is 8.26. The van der Waals surface area contributed by atoms with E-state index in [-0.39, 0.29) is 12.3 Å². The predicted molar refractivity (Wildman–Crippen MR) is 74.0 cm³/mol. The van der Waals surface area contributed by atoms with Crippen LogP contribution in [0.25, 0.3) is 0 Å². The van der Waals surface area contributed by atoms with Gasteiger partial charge in [0.1, 0.15) is 6.29 Å². The highest BCUT2D eigenvalue weighted by atomic mass is 16.2. The topological polar surface area (TPSA) is 80.4 Å². The Morgan fingerprint density at radius 3 is 2.17 bits per heavy atom. The summed E-state index contributed by atoms with van der Waals surface area (Å²) in [5, 5.41) is 7.00. The average Bonchev–Trinajstić information content (AvgIpc) is 2.41. The van der Waals surface area contributed by atoms with E-state index in [1.807, 2.05) is 20.8 Å². The van der Waals surface area contributed by atoms with E-state index in [0.29, 0.717) is 11.1 Å². The summed E-state index contributed by atoms with van der Waals surface area (Å²) in [5.74, 6) is -0.0135. The van der Waals surface area contributed by atoms with Gasteiger partial charge < -0.3 is 10.8 Å². The number of carbonyl (C=O) groups excluding carboxylic acids is 2. The van der Waals surface area contributed by atoms with E-state index in [9.17, 15) is 9.59 Å². The minimum atomic E-state index is -0.0135. The Bertz CT molecular complexity index is 387. The van der Waals surface area contributed by atoms with Crippen LogP contribution in [0, 0.1) is 6.92 Å². The van der Waals surface area contributed by atoms with Crippen LogP contribution in [0.2, 0.25) is 0 Å². The first-order valence-corrected chi connectivity index (χ1v) is 5.84. The Balaban J connectivity index is 0. The number of aliphatic hydroxyl groups excluding tert-OH is 1. The van der Waals surface area contributed by atoms with Gasteiger partial charge in [0.25, 0.3) is 0 Å². The number of carbonyl (C=O) groups is 2. The second kappa shape index (κ2) is 10.6. The standard InChI is InChI=1S/C11H13NO2.C2H6.CH4O/c1-7-3-9(6-13)4-10(5-12)11(7)8(2)14;2*1-2/h3-4,6H,5,12H2,1-2H3;1-2H3;2H,1H3. The molecular formula is C14H23NO3. The molecular weight excluding hydrogens is 230 g/mol. The summed E-state index contributed by atoms with van der Waals surface area (Å²) >= 11 is 0. The van der Waals surface area contributed by atoms with Crippen molar-refractivity contribution in [3.63, 3.8) is 0 Å². The summed E-state index contributed by atoms with van der Waals surface area (Å²) in [6.45, 7) is 7.59. The number of nitrogens with two attached hydrogens (primary N) is 1. The Morgan fingerprint density at radius 2 is 1.83 bits per heavy atom. The van der Waals surface area contributed by atoms with Crippen LogP contribution in [-0.2, 0) is 6.54 Å². The molecule has 102 valence electrons. The Kier molecular flexibility index (Phi) is 11.1. The molecule has 4 nitrogen and oxygen atoms in total. The molecule has 0 saturated heterocycles. The van der Waals surface area contributed by atoms with E-state index in [1.54, 1.807) is 12.1 Å². The average molecular weight is 253 g/mol. The summed E-state index contributed by atoms with van der Waals surface area (Å²) in [6.07, 6.45) is 0.760. The highest BCUT2D eigenvalue weighted by molar-refractivity contribution is 5.97. The minimum Gasteiger partial charge on any atom is -0.400 e. The molecule has 0 fully saturated rings. The van der Waals surface area contributed by atoms with Gasteiger partial charge in [0, 0.05) is 24.8 Å². The van der Waals surface area contributed by atoms with Crippen LogP contribution < -0.4 is 5.73 Å². The summed E-state index contributed by atoms with van der Waals surface area (Å²) in [6, 6.07) is 3.36. The molecule has 1 aromatic rings. The number of aryl methyl sites for hydroxylation is 1. The number of rotatable bonds is 3. The number of aliphatic hydroxyl groups is 1. The van der Waals surface area contributed by atoms with Gasteiger partial charge in [0.15, 0.2) is 5.78 Å². The van der Waals surface area contributed by atoms with Crippen LogP contribution in [-0.4, -0.2) is 24.3 Å². The fourth-order valence-corrected chi connectivity index (χ4v) is 1.62. The van der Waals surface area contributed by atoms with Crippen LogP contribution in [0.3, 0.4) is 0 Å². The maximum Gasteiger partial charge on any atom is 0.160 e. The van der Waals surface area contributed by atoms with Crippen molar-refractivity contribution in [1.82, 2.24) is 0 Å². The molecule has 1 rings (SSSR count). The fraction of sp³-hybridized carbons (Fsp3) is 0.429. The van der Waals surface area contributed by atoms with Gasteiger partial charge in [-0.1, -0.05) is 13.8 Å². The molecule has 18 heavy (non-hydrogen) atoms. The van der Waals surface area contributed by atoms with Crippen LogP contribution in [0.15, 0.2) is 12.1 Å². The number of Topliss-reactive ketones (excluding diaryl/α,β-unsaturated/α-hetero) is 1. The molecule has 0 spiro atoms. The quantitative estimate of drug-likeness (QED) is 0.638. The number of hydrogen-bond donors (Lipinski definition) is 2. The summed E-state index contributed by atoms with van der Waals surface area (Å²) < 4.78 is 0. The second-order valence-corrected chi connectivity index (χ2v) is 3.25. The maximum atomic E-state index is 11.3. The van der Waals surface area contributed by atoms with E-state index >= 15 is 0 Å². The number of benzene rings is 1. The van der Waals surface area contributed by atoms with Crippen LogP contribution in [0.4, 0.5) is 0 Å². The third kappa shape index (κ3) is 5.21. The molecule has 0 atom stereocenters. The van der Waals surface area contributed by atoms with Gasteiger partial charge in [0.05, 0.1) is 0 Å². The third-order valence-electron chi connectivity index (χ3n) is 2.15. The van der Waals surface area contributed by atoms with Gasteiger partial charge >= 0.3 is 0 Å². The fourth-order valence-electron chi connectivity index (χ4n) is 1.62. The molecule has 0 radical (unpaired) electrons. The van der Waals surface area contributed by atoms with Crippen molar-refractivity contribution in [2.24, 2.45) is 5.73 Å². The Hall–Kier alpha value is -1.52. The molecule has 0 aromatic heterocycles. The molecule has 0 aliphatic carbocycles. The largest absolute Gasteiger partial charge is 0.400 e.